The highest BCUT2D eigenvalue weighted by atomic mass is 35.5. The number of hydrogen-bond acceptors (Lipinski definition) is 7. The van der Waals surface area contributed by atoms with Crippen LogP contribution in [-0.4, -0.2) is 74.4 Å². The summed E-state index contributed by atoms with van der Waals surface area (Å²) >= 11 is 6.49. The number of carbonyl (C=O) groups excluding carboxylic acids is 1. The number of ether oxygens (including phenoxy) is 4. The van der Waals surface area contributed by atoms with Crippen LogP contribution in [0.4, 0.5) is 0 Å². The smallest absolute Gasteiger partial charge is 0.257 e. The molecule has 8 nitrogen and oxygen atoms in total. The Labute approximate surface area is 210 Å². The molecule has 0 unspecified atom stereocenters. The van der Waals surface area contributed by atoms with Crippen molar-refractivity contribution in [1.82, 2.24) is 9.91 Å². The molecule has 35 heavy (non-hydrogen) atoms. The number of amides is 1. The fourth-order valence-electron chi connectivity index (χ4n) is 5.04. The van der Waals surface area contributed by atoms with Crippen LogP contribution in [0.1, 0.15) is 36.4 Å². The fourth-order valence-corrected chi connectivity index (χ4v) is 5.29. The van der Waals surface area contributed by atoms with Crippen molar-refractivity contribution in [3.63, 3.8) is 0 Å². The molecular formula is C26H30ClN3O5. The lowest BCUT2D eigenvalue weighted by atomic mass is 9.97. The summed E-state index contributed by atoms with van der Waals surface area (Å²) in [5.74, 6) is 0.821. The van der Waals surface area contributed by atoms with Gasteiger partial charge in [-0.25, -0.2) is 5.01 Å². The van der Waals surface area contributed by atoms with E-state index in [-0.39, 0.29) is 18.5 Å². The van der Waals surface area contributed by atoms with E-state index in [2.05, 4.69) is 4.90 Å². The van der Waals surface area contributed by atoms with Crippen molar-refractivity contribution in [2.75, 3.05) is 47.1 Å². The van der Waals surface area contributed by atoms with E-state index < -0.39 is 5.79 Å². The third-order valence-electron chi connectivity index (χ3n) is 6.94. The lowest BCUT2D eigenvalue weighted by molar-refractivity contribution is -0.186. The van der Waals surface area contributed by atoms with Gasteiger partial charge >= 0.3 is 0 Å². The van der Waals surface area contributed by atoms with Gasteiger partial charge in [0.2, 0.25) is 0 Å². The SMILES string of the molecule is COc1ccc(OC)c([C@H]2CC(c3ccccc3Cl)=NN2C(=O)CN2CCC3(CC2)OCCO3)c1. The van der Waals surface area contributed by atoms with Gasteiger partial charge in [0.15, 0.2) is 5.79 Å². The van der Waals surface area contributed by atoms with Crippen LogP contribution in [0.3, 0.4) is 0 Å². The molecule has 5 rings (SSSR count). The first-order chi connectivity index (χ1) is 17.0. The molecule has 2 aromatic rings. The van der Waals surface area contributed by atoms with Crippen LogP contribution in [0.25, 0.3) is 0 Å². The van der Waals surface area contributed by atoms with Gasteiger partial charge in [-0.15, -0.1) is 0 Å². The first-order valence-electron chi connectivity index (χ1n) is 11.9. The molecule has 0 aromatic heterocycles. The van der Waals surface area contributed by atoms with Crippen LogP contribution in [0.2, 0.25) is 5.02 Å². The van der Waals surface area contributed by atoms with E-state index in [0.717, 1.165) is 42.8 Å². The van der Waals surface area contributed by atoms with Crippen molar-refractivity contribution in [3.8, 4) is 11.5 Å². The van der Waals surface area contributed by atoms with Gasteiger partial charge in [0.05, 0.1) is 45.7 Å². The normalized spacial score (nSPS) is 21.9. The Balaban J connectivity index is 1.41. The highest BCUT2D eigenvalue weighted by Crippen LogP contribution is 2.40. The van der Waals surface area contributed by atoms with Gasteiger partial charge in [-0.2, -0.15) is 5.10 Å². The van der Waals surface area contributed by atoms with Crippen molar-refractivity contribution < 1.29 is 23.7 Å². The number of hydrazone groups is 1. The fraction of sp³-hybridized carbons (Fsp3) is 0.462. The van der Waals surface area contributed by atoms with Crippen LogP contribution in [0, 0.1) is 0 Å². The molecule has 3 heterocycles. The summed E-state index contributed by atoms with van der Waals surface area (Å²) in [6.07, 6.45) is 2.02. The van der Waals surface area contributed by atoms with Crippen molar-refractivity contribution in [2.24, 2.45) is 5.10 Å². The van der Waals surface area contributed by atoms with E-state index in [0.29, 0.717) is 36.2 Å². The quantitative estimate of drug-likeness (QED) is 0.600. The Morgan fingerprint density at radius 3 is 2.54 bits per heavy atom. The summed E-state index contributed by atoms with van der Waals surface area (Å²) in [4.78, 5) is 15.8. The molecule has 1 spiro atoms. The molecule has 0 radical (unpaired) electrons. The number of halogens is 1. The summed E-state index contributed by atoms with van der Waals surface area (Å²) in [7, 11) is 3.24. The average molecular weight is 500 g/mol. The number of rotatable bonds is 6. The monoisotopic (exact) mass is 499 g/mol. The maximum atomic E-state index is 13.6. The van der Waals surface area contributed by atoms with Crippen LogP contribution >= 0.6 is 11.6 Å². The molecule has 2 fully saturated rings. The van der Waals surface area contributed by atoms with Crippen molar-refractivity contribution in [3.05, 3.63) is 58.6 Å². The van der Waals surface area contributed by atoms with E-state index in [9.17, 15) is 4.79 Å². The number of nitrogens with zero attached hydrogens (tertiary/aromatic N) is 3. The number of benzene rings is 2. The number of carbonyl (C=O) groups is 1. The zero-order valence-electron chi connectivity index (χ0n) is 20.0. The second-order valence-corrected chi connectivity index (χ2v) is 9.38. The molecule has 1 atom stereocenters. The summed E-state index contributed by atoms with van der Waals surface area (Å²) < 4.78 is 22.8. The molecule has 0 aliphatic carbocycles. The molecule has 3 aliphatic heterocycles. The number of hydrogen-bond donors (Lipinski definition) is 0. The topological polar surface area (TPSA) is 72.8 Å². The molecular weight excluding hydrogens is 470 g/mol. The third-order valence-corrected chi connectivity index (χ3v) is 7.27. The predicted molar refractivity (Wildman–Crippen MR) is 132 cm³/mol. The summed E-state index contributed by atoms with van der Waals surface area (Å²) in [5, 5.41) is 6.98. The lowest BCUT2D eigenvalue weighted by Gasteiger charge is -2.37. The number of methoxy groups -OCH3 is 2. The number of piperidine rings is 1. The standard InChI is InChI=1S/C26H30ClN3O5/c1-32-18-7-8-24(33-2)20(15-18)23-16-22(19-5-3-4-6-21(19)27)28-30(23)25(31)17-29-11-9-26(10-12-29)34-13-14-35-26/h3-8,15,23H,9-14,16-17H2,1-2H3/t23-/m1/s1. The van der Waals surface area contributed by atoms with Crippen molar-refractivity contribution in [2.45, 2.75) is 31.1 Å². The summed E-state index contributed by atoms with van der Waals surface area (Å²) in [6, 6.07) is 12.8. The van der Waals surface area contributed by atoms with E-state index in [1.54, 1.807) is 19.2 Å². The highest BCUT2D eigenvalue weighted by molar-refractivity contribution is 6.34. The molecule has 9 heteroatoms. The van der Waals surface area contributed by atoms with Gasteiger partial charge in [-0.05, 0) is 24.3 Å². The van der Waals surface area contributed by atoms with E-state index in [1.807, 2.05) is 42.5 Å². The predicted octanol–water partition coefficient (Wildman–Crippen LogP) is 3.87. The van der Waals surface area contributed by atoms with E-state index in [4.69, 9.17) is 35.6 Å². The Bertz CT molecular complexity index is 1110. The first kappa shape index (κ1) is 24.1. The lowest BCUT2D eigenvalue weighted by Crippen LogP contribution is -2.48. The molecule has 186 valence electrons. The molecule has 1 amide bonds. The minimum Gasteiger partial charge on any atom is -0.497 e. The van der Waals surface area contributed by atoms with Gasteiger partial charge in [-0.3, -0.25) is 9.69 Å². The zero-order valence-corrected chi connectivity index (χ0v) is 20.8. The third kappa shape index (κ3) is 4.89. The van der Waals surface area contributed by atoms with Crippen molar-refractivity contribution in [1.29, 1.82) is 0 Å². The van der Waals surface area contributed by atoms with Crippen LogP contribution < -0.4 is 9.47 Å². The Morgan fingerprint density at radius 1 is 1.11 bits per heavy atom. The molecule has 2 saturated heterocycles. The van der Waals surface area contributed by atoms with Gasteiger partial charge in [0, 0.05) is 48.5 Å². The molecule has 0 bridgehead atoms. The minimum absolute atomic E-state index is 0.0777. The molecule has 2 aromatic carbocycles. The van der Waals surface area contributed by atoms with Gasteiger partial charge < -0.3 is 18.9 Å². The van der Waals surface area contributed by atoms with Crippen LogP contribution in [-0.2, 0) is 14.3 Å². The second kappa shape index (κ2) is 10.1. The molecule has 0 N–H and O–H groups in total. The van der Waals surface area contributed by atoms with E-state index in [1.165, 1.54) is 0 Å². The first-order valence-corrected chi connectivity index (χ1v) is 12.3. The Morgan fingerprint density at radius 2 is 1.86 bits per heavy atom. The second-order valence-electron chi connectivity index (χ2n) is 8.98. The summed E-state index contributed by atoms with van der Waals surface area (Å²) in [5.41, 5.74) is 2.44. The van der Waals surface area contributed by atoms with Crippen LogP contribution in [0.15, 0.2) is 47.6 Å². The summed E-state index contributed by atoms with van der Waals surface area (Å²) in [6.45, 7) is 2.99. The van der Waals surface area contributed by atoms with Gasteiger partial charge in [0.1, 0.15) is 11.5 Å². The Hall–Kier alpha value is -2.65. The van der Waals surface area contributed by atoms with Crippen LogP contribution in [0.5, 0.6) is 11.5 Å². The highest BCUT2D eigenvalue weighted by Gasteiger charge is 2.41. The maximum Gasteiger partial charge on any atom is 0.257 e. The largest absolute Gasteiger partial charge is 0.497 e. The molecule has 3 aliphatic rings. The van der Waals surface area contributed by atoms with Gasteiger partial charge in [0.25, 0.3) is 5.91 Å². The number of likely N-dealkylation sites (tertiary alicyclic amines) is 1. The van der Waals surface area contributed by atoms with Crippen molar-refractivity contribution >= 4 is 23.2 Å². The minimum atomic E-state index is -0.473. The van der Waals surface area contributed by atoms with E-state index >= 15 is 0 Å². The molecule has 0 saturated carbocycles. The maximum absolute atomic E-state index is 13.6. The Kier molecular flexibility index (Phi) is 6.98. The zero-order chi connectivity index (χ0) is 24.4. The van der Waals surface area contributed by atoms with Gasteiger partial charge in [-0.1, -0.05) is 29.8 Å². The average Bonchev–Trinajstić information content (AvgIpc) is 3.53.